The van der Waals surface area contributed by atoms with Crippen LogP contribution in [0.15, 0.2) is 24.3 Å². The van der Waals surface area contributed by atoms with Gasteiger partial charge in [0.25, 0.3) is 0 Å². The Morgan fingerprint density at radius 2 is 2.00 bits per heavy atom. The van der Waals surface area contributed by atoms with E-state index < -0.39 is 0 Å². The molecule has 0 aliphatic heterocycles. The van der Waals surface area contributed by atoms with Crippen LogP contribution in [-0.2, 0) is 13.0 Å². The first-order chi connectivity index (χ1) is 7.88. The van der Waals surface area contributed by atoms with Gasteiger partial charge in [0.15, 0.2) is 0 Å². The Bertz CT molecular complexity index is 318. The van der Waals surface area contributed by atoms with Crippen LogP contribution in [0.2, 0.25) is 0 Å². The Kier molecular flexibility index (Phi) is 4.37. The van der Waals surface area contributed by atoms with Crippen LogP contribution in [0, 0.1) is 0 Å². The van der Waals surface area contributed by atoms with E-state index in [9.17, 15) is 0 Å². The third-order valence-electron chi connectivity index (χ3n) is 3.13. The van der Waals surface area contributed by atoms with Gasteiger partial charge in [-0.25, -0.2) is 0 Å². The molecule has 0 radical (unpaired) electrons. The van der Waals surface area contributed by atoms with E-state index in [0.29, 0.717) is 6.54 Å². The molecule has 0 aromatic heterocycles. The molecule has 88 valence electrons. The van der Waals surface area contributed by atoms with Crippen molar-refractivity contribution in [2.75, 3.05) is 6.54 Å². The molecule has 1 aliphatic rings. The van der Waals surface area contributed by atoms with Crippen molar-refractivity contribution in [1.82, 2.24) is 5.32 Å². The fourth-order valence-corrected chi connectivity index (χ4v) is 1.96. The predicted molar refractivity (Wildman–Crippen MR) is 68.3 cm³/mol. The number of rotatable bonds is 7. The minimum atomic E-state index is 0.650. The summed E-state index contributed by atoms with van der Waals surface area (Å²) < 4.78 is 0. The highest BCUT2D eigenvalue weighted by Crippen LogP contribution is 2.18. The van der Waals surface area contributed by atoms with Crippen LogP contribution in [0.5, 0.6) is 0 Å². The molecular weight excluding hydrogens is 196 g/mol. The number of nitrogens with one attached hydrogen (secondary N) is 1. The molecule has 0 heterocycles. The van der Waals surface area contributed by atoms with Crippen LogP contribution in [0.25, 0.3) is 0 Å². The van der Waals surface area contributed by atoms with E-state index >= 15 is 0 Å². The van der Waals surface area contributed by atoms with Crippen LogP contribution in [-0.4, -0.2) is 12.6 Å². The average Bonchev–Trinajstić information content (AvgIpc) is 3.13. The van der Waals surface area contributed by atoms with Crippen LogP contribution in [0.1, 0.15) is 36.8 Å². The smallest absolute Gasteiger partial charge is 0.0178 e. The van der Waals surface area contributed by atoms with Crippen molar-refractivity contribution in [3.8, 4) is 0 Å². The highest BCUT2D eigenvalue weighted by molar-refractivity contribution is 5.23. The lowest BCUT2D eigenvalue weighted by atomic mass is 10.1. The number of unbranched alkanes of at least 4 members (excludes halogenated alkanes) is 1. The number of aryl methyl sites for hydroxylation is 1. The lowest BCUT2D eigenvalue weighted by molar-refractivity contribution is 0.619. The lowest BCUT2D eigenvalue weighted by Gasteiger charge is -2.04. The zero-order valence-corrected chi connectivity index (χ0v) is 9.91. The van der Waals surface area contributed by atoms with Crippen LogP contribution >= 0.6 is 0 Å². The van der Waals surface area contributed by atoms with E-state index in [1.165, 1.54) is 49.8 Å². The molecule has 1 saturated carbocycles. The summed E-state index contributed by atoms with van der Waals surface area (Å²) in [6.07, 6.45) is 6.51. The molecule has 1 aliphatic carbocycles. The second-order valence-corrected chi connectivity index (χ2v) is 4.71. The first-order valence-corrected chi connectivity index (χ1v) is 6.40. The largest absolute Gasteiger partial charge is 0.326 e. The van der Waals surface area contributed by atoms with Gasteiger partial charge in [0, 0.05) is 12.6 Å². The molecule has 0 atom stereocenters. The lowest BCUT2D eigenvalue weighted by Crippen LogP contribution is -2.17. The van der Waals surface area contributed by atoms with Crippen LogP contribution in [0.4, 0.5) is 0 Å². The van der Waals surface area contributed by atoms with Gasteiger partial charge in [-0.15, -0.1) is 0 Å². The Morgan fingerprint density at radius 1 is 1.19 bits per heavy atom. The molecule has 0 spiro atoms. The third kappa shape index (κ3) is 3.95. The quantitative estimate of drug-likeness (QED) is 0.689. The van der Waals surface area contributed by atoms with E-state index in [2.05, 4.69) is 29.6 Å². The van der Waals surface area contributed by atoms with Crippen LogP contribution < -0.4 is 11.1 Å². The molecule has 3 N–H and O–H groups in total. The van der Waals surface area contributed by atoms with Gasteiger partial charge < -0.3 is 11.1 Å². The molecule has 0 saturated heterocycles. The van der Waals surface area contributed by atoms with Gasteiger partial charge in [-0.2, -0.15) is 0 Å². The fourth-order valence-electron chi connectivity index (χ4n) is 1.96. The highest BCUT2D eigenvalue weighted by atomic mass is 14.9. The summed E-state index contributed by atoms with van der Waals surface area (Å²) >= 11 is 0. The van der Waals surface area contributed by atoms with Gasteiger partial charge in [-0.3, -0.25) is 0 Å². The van der Waals surface area contributed by atoms with Crippen molar-refractivity contribution in [2.24, 2.45) is 5.73 Å². The monoisotopic (exact) mass is 218 g/mol. The Balaban J connectivity index is 1.63. The van der Waals surface area contributed by atoms with E-state index in [0.717, 1.165) is 6.04 Å². The average molecular weight is 218 g/mol. The molecule has 2 heteroatoms. The third-order valence-corrected chi connectivity index (χ3v) is 3.13. The molecule has 1 fully saturated rings. The van der Waals surface area contributed by atoms with Crippen LogP contribution in [0.3, 0.4) is 0 Å². The van der Waals surface area contributed by atoms with Crippen molar-refractivity contribution < 1.29 is 0 Å². The first kappa shape index (κ1) is 11.6. The summed E-state index contributed by atoms with van der Waals surface area (Å²) in [5.74, 6) is 0. The van der Waals surface area contributed by atoms with Gasteiger partial charge in [0.2, 0.25) is 0 Å². The minimum Gasteiger partial charge on any atom is -0.326 e. The number of benzene rings is 1. The van der Waals surface area contributed by atoms with Crippen molar-refractivity contribution in [1.29, 1.82) is 0 Å². The topological polar surface area (TPSA) is 38.0 Å². The molecule has 1 aromatic rings. The fraction of sp³-hybridized carbons (Fsp3) is 0.571. The van der Waals surface area contributed by atoms with E-state index in [1.807, 2.05) is 0 Å². The SMILES string of the molecule is NCc1cccc(CCCCNC2CC2)c1. The van der Waals surface area contributed by atoms with Crippen molar-refractivity contribution in [3.63, 3.8) is 0 Å². The molecule has 16 heavy (non-hydrogen) atoms. The molecule has 0 bridgehead atoms. The second-order valence-electron chi connectivity index (χ2n) is 4.71. The maximum absolute atomic E-state index is 5.63. The van der Waals surface area contributed by atoms with Crippen molar-refractivity contribution in [2.45, 2.75) is 44.7 Å². The van der Waals surface area contributed by atoms with E-state index in [4.69, 9.17) is 5.73 Å². The summed E-state index contributed by atoms with van der Waals surface area (Å²) in [5, 5.41) is 3.55. The first-order valence-electron chi connectivity index (χ1n) is 6.40. The highest BCUT2D eigenvalue weighted by Gasteiger charge is 2.19. The summed E-state index contributed by atoms with van der Waals surface area (Å²) in [4.78, 5) is 0. The number of nitrogens with two attached hydrogens (primary N) is 1. The van der Waals surface area contributed by atoms with Gasteiger partial charge in [0.05, 0.1) is 0 Å². The van der Waals surface area contributed by atoms with E-state index in [-0.39, 0.29) is 0 Å². The summed E-state index contributed by atoms with van der Waals surface area (Å²) in [6.45, 7) is 1.83. The number of hydrogen-bond donors (Lipinski definition) is 2. The maximum Gasteiger partial charge on any atom is 0.0178 e. The zero-order chi connectivity index (χ0) is 11.2. The molecule has 1 aromatic carbocycles. The predicted octanol–water partition coefficient (Wildman–Crippen LogP) is 2.22. The Hall–Kier alpha value is -0.860. The van der Waals surface area contributed by atoms with Gasteiger partial charge in [-0.05, 0) is 49.8 Å². The minimum absolute atomic E-state index is 0.650. The normalized spacial score (nSPS) is 15.3. The summed E-state index contributed by atoms with van der Waals surface area (Å²) in [7, 11) is 0. The van der Waals surface area contributed by atoms with Crippen molar-refractivity contribution in [3.05, 3.63) is 35.4 Å². The molecular formula is C14H22N2. The second kappa shape index (κ2) is 6.02. The standard InChI is InChI=1S/C14H22N2/c15-11-13-6-3-5-12(10-13)4-1-2-9-16-14-7-8-14/h3,5-6,10,14,16H,1-2,4,7-9,11,15H2. The maximum atomic E-state index is 5.63. The molecule has 0 amide bonds. The Labute approximate surface area is 98.2 Å². The van der Waals surface area contributed by atoms with E-state index in [1.54, 1.807) is 0 Å². The zero-order valence-electron chi connectivity index (χ0n) is 9.91. The molecule has 0 unspecified atom stereocenters. The van der Waals surface area contributed by atoms with Gasteiger partial charge in [-0.1, -0.05) is 24.3 Å². The van der Waals surface area contributed by atoms with Gasteiger partial charge >= 0.3 is 0 Å². The molecule has 2 nitrogen and oxygen atoms in total. The summed E-state index contributed by atoms with van der Waals surface area (Å²) in [5.41, 5.74) is 8.29. The molecule has 2 rings (SSSR count). The summed E-state index contributed by atoms with van der Waals surface area (Å²) in [6, 6.07) is 9.49. The number of hydrogen-bond acceptors (Lipinski definition) is 2. The Morgan fingerprint density at radius 3 is 2.75 bits per heavy atom. The van der Waals surface area contributed by atoms with Gasteiger partial charge in [0.1, 0.15) is 0 Å². The van der Waals surface area contributed by atoms with Crippen molar-refractivity contribution >= 4 is 0 Å².